The van der Waals surface area contributed by atoms with Crippen LogP contribution in [0.1, 0.15) is 41.7 Å². The molecule has 1 saturated heterocycles. The van der Waals surface area contributed by atoms with Crippen molar-refractivity contribution >= 4 is 5.91 Å². The molecule has 5 nitrogen and oxygen atoms in total. The van der Waals surface area contributed by atoms with Gasteiger partial charge in [0.25, 0.3) is 5.91 Å². The average molecular weight is 391 g/mol. The van der Waals surface area contributed by atoms with E-state index in [0.29, 0.717) is 23.5 Å². The Bertz CT molecular complexity index is 776. The van der Waals surface area contributed by atoms with Gasteiger partial charge in [0.1, 0.15) is 18.1 Å². The zero-order chi connectivity index (χ0) is 19.9. The summed E-state index contributed by atoms with van der Waals surface area (Å²) in [5.74, 6) is 0.469. The first-order valence-corrected chi connectivity index (χ1v) is 9.21. The van der Waals surface area contributed by atoms with E-state index >= 15 is 0 Å². The number of benzene rings is 2. The quantitative estimate of drug-likeness (QED) is 0.727. The molecule has 2 aromatic carbocycles. The highest BCUT2D eigenvalue weighted by atomic mass is 19.3. The maximum Gasteiger partial charge on any atom is 0.387 e. The number of ether oxygens (including phenoxy) is 3. The summed E-state index contributed by atoms with van der Waals surface area (Å²) in [7, 11) is 0. The Morgan fingerprint density at radius 2 is 2.00 bits per heavy atom. The highest BCUT2D eigenvalue weighted by molar-refractivity contribution is 5.94. The first-order valence-electron chi connectivity index (χ1n) is 9.21. The summed E-state index contributed by atoms with van der Waals surface area (Å²) in [5.41, 5.74) is 1.15. The van der Waals surface area contributed by atoms with Crippen molar-refractivity contribution in [2.45, 2.75) is 38.5 Å². The number of hydrogen-bond acceptors (Lipinski definition) is 4. The van der Waals surface area contributed by atoms with Gasteiger partial charge >= 0.3 is 6.61 Å². The Hall–Kier alpha value is -2.67. The Kier molecular flexibility index (Phi) is 6.81. The van der Waals surface area contributed by atoms with Crippen LogP contribution in [0.4, 0.5) is 8.78 Å². The van der Waals surface area contributed by atoms with Crippen LogP contribution in [0.15, 0.2) is 48.5 Å². The predicted octanol–water partition coefficient (Wildman–Crippen LogP) is 4.34. The fraction of sp³-hybridized carbons (Fsp3) is 0.381. The Morgan fingerprint density at radius 3 is 2.68 bits per heavy atom. The van der Waals surface area contributed by atoms with Gasteiger partial charge in [-0.3, -0.25) is 4.79 Å². The zero-order valence-corrected chi connectivity index (χ0v) is 15.6. The molecule has 0 saturated carbocycles. The smallest absolute Gasteiger partial charge is 0.387 e. The molecule has 0 aromatic heterocycles. The summed E-state index contributed by atoms with van der Waals surface area (Å²) in [4.78, 5) is 12.4. The van der Waals surface area contributed by atoms with E-state index in [1.165, 1.54) is 12.1 Å². The highest BCUT2D eigenvalue weighted by Crippen LogP contribution is 2.21. The summed E-state index contributed by atoms with van der Waals surface area (Å²) in [5, 5.41) is 2.85. The number of halogens is 2. The summed E-state index contributed by atoms with van der Waals surface area (Å²) < 4.78 is 40.3. The molecule has 1 aliphatic heterocycles. The molecule has 28 heavy (non-hydrogen) atoms. The second-order valence-electron chi connectivity index (χ2n) is 6.62. The lowest BCUT2D eigenvalue weighted by Gasteiger charge is -2.16. The lowest BCUT2D eigenvalue weighted by atomic mass is 10.1. The fourth-order valence-corrected chi connectivity index (χ4v) is 2.99. The molecule has 7 heteroatoms. The van der Waals surface area contributed by atoms with Gasteiger partial charge in [0.2, 0.25) is 0 Å². The van der Waals surface area contributed by atoms with Crippen molar-refractivity contribution in [1.29, 1.82) is 0 Å². The maximum absolute atomic E-state index is 12.4. The maximum atomic E-state index is 12.4. The van der Waals surface area contributed by atoms with Crippen LogP contribution in [0.25, 0.3) is 0 Å². The van der Waals surface area contributed by atoms with Crippen molar-refractivity contribution in [3.8, 4) is 11.5 Å². The molecule has 0 aliphatic carbocycles. The van der Waals surface area contributed by atoms with Gasteiger partial charge in [-0.15, -0.1) is 0 Å². The van der Waals surface area contributed by atoms with Gasteiger partial charge in [-0.2, -0.15) is 8.78 Å². The molecular weight excluding hydrogens is 368 g/mol. The number of nitrogens with one attached hydrogen (secondary N) is 1. The van der Waals surface area contributed by atoms with Gasteiger partial charge in [-0.05, 0) is 61.7 Å². The minimum atomic E-state index is -2.89. The van der Waals surface area contributed by atoms with Crippen molar-refractivity contribution in [2.24, 2.45) is 0 Å². The van der Waals surface area contributed by atoms with Crippen LogP contribution in [0.5, 0.6) is 11.5 Å². The molecule has 2 atom stereocenters. The fourth-order valence-electron chi connectivity index (χ4n) is 2.99. The van der Waals surface area contributed by atoms with E-state index < -0.39 is 6.61 Å². The monoisotopic (exact) mass is 391 g/mol. The van der Waals surface area contributed by atoms with Gasteiger partial charge in [0.15, 0.2) is 0 Å². The molecule has 3 rings (SSSR count). The molecule has 0 spiro atoms. The lowest BCUT2D eigenvalue weighted by molar-refractivity contribution is -0.0499. The van der Waals surface area contributed by atoms with Crippen LogP contribution < -0.4 is 14.8 Å². The van der Waals surface area contributed by atoms with Crippen molar-refractivity contribution in [1.82, 2.24) is 5.32 Å². The van der Waals surface area contributed by atoms with E-state index in [1.54, 1.807) is 43.3 Å². The Balaban J connectivity index is 1.54. The number of hydrogen-bond donors (Lipinski definition) is 1. The number of amides is 1. The van der Waals surface area contributed by atoms with Crippen LogP contribution >= 0.6 is 0 Å². The van der Waals surface area contributed by atoms with E-state index in [4.69, 9.17) is 9.47 Å². The van der Waals surface area contributed by atoms with Gasteiger partial charge in [-0.25, -0.2) is 0 Å². The van der Waals surface area contributed by atoms with E-state index in [0.717, 1.165) is 19.4 Å². The molecule has 1 N–H and O–H groups in total. The number of carbonyl (C=O) groups excluding carboxylic acids is 1. The van der Waals surface area contributed by atoms with E-state index in [9.17, 15) is 13.6 Å². The van der Waals surface area contributed by atoms with Gasteiger partial charge < -0.3 is 19.5 Å². The average Bonchev–Trinajstić information content (AvgIpc) is 3.20. The van der Waals surface area contributed by atoms with Crippen molar-refractivity contribution in [3.05, 3.63) is 59.7 Å². The third-order valence-corrected chi connectivity index (χ3v) is 4.51. The molecule has 0 radical (unpaired) electrons. The Labute approximate surface area is 162 Å². The van der Waals surface area contributed by atoms with E-state index in [2.05, 4.69) is 10.1 Å². The summed E-state index contributed by atoms with van der Waals surface area (Å²) in [6.45, 7) is 0.168. The molecule has 2 unspecified atom stereocenters. The van der Waals surface area contributed by atoms with Crippen LogP contribution in [-0.4, -0.2) is 31.8 Å². The third-order valence-electron chi connectivity index (χ3n) is 4.51. The third kappa shape index (κ3) is 5.66. The van der Waals surface area contributed by atoms with E-state index in [1.807, 2.05) is 0 Å². The second-order valence-corrected chi connectivity index (χ2v) is 6.62. The first-order chi connectivity index (χ1) is 13.5. The van der Waals surface area contributed by atoms with Crippen LogP contribution in [-0.2, 0) is 4.74 Å². The normalized spacial score (nSPS) is 17.4. The topological polar surface area (TPSA) is 56.8 Å². The molecule has 150 valence electrons. The molecule has 1 heterocycles. The SMILES string of the molecule is CC(NC(=O)c1ccc(OCC2CCCO2)cc1)c1cccc(OC(F)F)c1. The summed E-state index contributed by atoms with van der Waals surface area (Å²) in [6, 6.07) is 12.8. The summed E-state index contributed by atoms with van der Waals surface area (Å²) >= 11 is 0. The lowest BCUT2D eigenvalue weighted by Crippen LogP contribution is -2.26. The van der Waals surface area contributed by atoms with Crippen molar-refractivity contribution < 1.29 is 27.8 Å². The molecule has 2 aromatic rings. The minimum absolute atomic E-state index is 0.0568. The predicted molar refractivity (Wildman–Crippen MR) is 99.9 cm³/mol. The van der Waals surface area contributed by atoms with Crippen molar-refractivity contribution in [2.75, 3.05) is 13.2 Å². The molecule has 1 amide bonds. The van der Waals surface area contributed by atoms with Gasteiger partial charge in [0, 0.05) is 12.2 Å². The number of alkyl halides is 2. The van der Waals surface area contributed by atoms with Crippen LogP contribution in [0, 0.1) is 0 Å². The number of carbonyl (C=O) groups is 1. The second kappa shape index (κ2) is 9.50. The number of rotatable bonds is 8. The largest absolute Gasteiger partial charge is 0.491 e. The van der Waals surface area contributed by atoms with Gasteiger partial charge in [0.05, 0.1) is 12.1 Å². The molecule has 0 bridgehead atoms. The Morgan fingerprint density at radius 1 is 1.21 bits per heavy atom. The first kappa shape index (κ1) is 20.1. The molecule has 1 aliphatic rings. The highest BCUT2D eigenvalue weighted by Gasteiger charge is 2.16. The van der Waals surface area contributed by atoms with Crippen LogP contribution in [0.3, 0.4) is 0 Å². The van der Waals surface area contributed by atoms with Crippen molar-refractivity contribution in [3.63, 3.8) is 0 Å². The zero-order valence-electron chi connectivity index (χ0n) is 15.6. The van der Waals surface area contributed by atoms with Crippen LogP contribution in [0.2, 0.25) is 0 Å². The molecular formula is C21H23F2NO4. The van der Waals surface area contributed by atoms with E-state index in [-0.39, 0.29) is 23.8 Å². The summed E-state index contributed by atoms with van der Waals surface area (Å²) in [6.07, 6.45) is 2.19. The minimum Gasteiger partial charge on any atom is -0.491 e. The van der Waals surface area contributed by atoms with Gasteiger partial charge in [-0.1, -0.05) is 12.1 Å². The molecule has 1 fully saturated rings. The standard InChI is InChI=1S/C21H23F2NO4/c1-14(16-4-2-5-18(12-16)28-21(22)23)24-20(25)15-7-9-17(10-8-15)27-13-19-6-3-11-26-19/h2,4-5,7-10,12,14,19,21H,3,6,11,13H2,1H3,(H,24,25).